The first-order valence-electron chi connectivity index (χ1n) is 18.3. The minimum atomic E-state index is -1.27. The Balaban J connectivity index is 1.31. The van der Waals surface area contributed by atoms with Crippen molar-refractivity contribution in [3.05, 3.63) is 144 Å². The van der Waals surface area contributed by atoms with Crippen molar-refractivity contribution in [2.24, 2.45) is 0 Å². The Morgan fingerprint density at radius 3 is 1.33 bits per heavy atom. The number of methoxy groups -OCH3 is 3. The maximum Gasteiger partial charge on any atom is 0.187 e. The lowest BCUT2D eigenvalue weighted by Gasteiger charge is -2.47. The van der Waals surface area contributed by atoms with Crippen molar-refractivity contribution in [2.75, 3.05) is 34.5 Å². The van der Waals surface area contributed by atoms with Crippen LogP contribution in [0.25, 0.3) is 0 Å². The van der Waals surface area contributed by atoms with Crippen LogP contribution in [-0.2, 0) is 73.8 Å². The van der Waals surface area contributed by atoms with E-state index in [1.165, 1.54) is 7.11 Å². The number of hydrogen-bond donors (Lipinski definition) is 1. The largest absolute Gasteiger partial charge is 0.376 e. The van der Waals surface area contributed by atoms with E-state index in [2.05, 4.69) is 0 Å². The zero-order valence-corrected chi connectivity index (χ0v) is 31.1. The van der Waals surface area contributed by atoms with Crippen LogP contribution in [0.5, 0.6) is 0 Å². The van der Waals surface area contributed by atoms with Gasteiger partial charge in [0.25, 0.3) is 0 Å². The van der Waals surface area contributed by atoms with E-state index in [0.29, 0.717) is 19.8 Å². The van der Waals surface area contributed by atoms with Crippen molar-refractivity contribution in [1.29, 1.82) is 0 Å². The second-order valence-corrected chi connectivity index (χ2v) is 13.3. The molecule has 11 nitrogen and oxygen atoms in total. The molecule has 54 heavy (non-hydrogen) atoms. The Morgan fingerprint density at radius 1 is 0.426 bits per heavy atom. The third-order valence-corrected chi connectivity index (χ3v) is 9.69. The normalized spacial score (nSPS) is 28.5. The maximum atomic E-state index is 10.8. The van der Waals surface area contributed by atoms with Crippen LogP contribution in [0.15, 0.2) is 121 Å². The molecule has 4 aromatic carbocycles. The summed E-state index contributed by atoms with van der Waals surface area (Å²) < 4.78 is 63.0. The molecule has 0 aliphatic carbocycles. The Morgan fingerprint density at radius 2 is 0.852 bits per heavy atom. The minimum Gasteiger partial charge on any atom is -0.376 e. The topological polar surface area (TPSA) is 113 Å². The third kappa shape index (κ3) is 10.8. The second-order valence-electron chi connectivity index (χ2n) is 13.3. The van der Waals surface area contributed by atoms with E-state index in [1.54, 1.807) is 14.2 Å². The Labute approximate surface area is 317 Å². The standard InChI is InChI=1S/C43H52O11/c1-45-36-35(53-42(44)40(47-3)38(36)46-2)29-52-43-41(51-27-33-22-14-7-15-23-33)39(50-26-32-20-12-6-13-21-32)37(49-25-31-18-10-5-11-19-31)34(54-43)28-48-24-30-16-8-4-9-17-30/h4-23,34-44H,24-29H2,1-3H3/t34-,35-,36-,37-,38+,39+,40-,41-,42+,43+/m1/s1. The molecule has 2 saturated heterocycles. The van der Waals surface area contributed by atoms with Crippen LogP contribution in [0.4, 0.5) is 0 Å². The third-order valence-electron chi connectivity index (χ3n) is 9.69. The quantitative estimate of drug-likeness (QED) is 0.132. The fourth-order valence-electron chi connectivity index (χ4n) is 6.90. The van der Waals surface area contributed by atoms with E-state index in [1.807, 2.05) is 121 Å². The van der Waals surface area contributed by atoms with Crippen molar-refractivity contribution >= 4 is 0 Å². The molecule has 0 amide bonds. The number of ether oxygens (including phenoxy) is 10. The number of aliphatic hydroxyl groups is 1. The van der Waals surface area contributed by atoms with Crippen molar-refractivity contribution in [3.8, 4) is 0 Å². The Kier molecular flexibility index (Phi) is 15.6. The summed E-state index contributed by atoms with van der Waals surface area (Å²) in [7, 11) is 4.59. The number of rotatable bonds is 19. The van der Waals surface area contributed by atoms with E-state index >= 15 is 0 Å². The van der Waals surface area contributed by atoms with Crippen molar-refractivity contribution in [1.82, 2.24) is 0 Å². The summed E-state index contributed by atoms with van der Waals surface area (Å²) in [6, 6.07) is 39.8. The number of hydrogen-bond acceptors (Lipinski definition) is 11. The molecule has 2 fully saturated rings. The predicted molar refractivity (Wildman–Crippen MR) is 199 cm³/mol. The lowest BCUT2D eigenvalue weighted by molar-refractivity contribution is -0.345. The van der Waals surface area contributed by atoms with E-state index < -0.39 is 61.4 Å². The molecule has 0 bridgehead atoms. The highest BCUT2D eigenvalue weighted by molar-refractivity contribution is 5.16. The van der Waals surface area contributed by atoms with Crippen LogP contribution < -0.4 is 0 Å². The van der Waals surface area contributed by atoms with Gasteiger partial charge in [-0.2, -0.15) is 0 Å². The van der Waals surface area contributed by atoms with Crippen LogP contribution >= 0.6 is 0 Å². The van der Waals surface area contributed by atoms with Gasteiger partial charge in [0.15, 0.2) is 12.6 Å². The molecule has 2 heterocycles. The van der Waals surface area contributed by atoms with Crippen molar-refractivity contribution in [3.63, 3.8) is 0 Å². The molecule has 0 unspecified atom stereocenters. The van der Waals surface area contributed by atoms with Crippen LogP contribution in [0.1, 0.15) is 22.3 Å². The molecular formula is C43H52O11. The van der Waals surface area contributed by atoms with Crippen LogP contribution in [0.3, 0.4) is 0 Å². The van der Waals surface area contributed by atoms with Gasteiger partial charge in [-0.15, -0.1) is 0 Å². The van der Waals surface area contributed by atoms with Gasteiger partial charge in [0.05, 0.1) is 39.6 Å². The van der Waals surface area contributed by atoms with E-state index in [9.17, 15) is 5.11 Å². The minimum absolute atomic E-state index is 0.0275. The molecule has 0 saturated carbocycles. The molecule has 0 spiro atoms. The van der Waals surface area contributed by atoms with Gasteiger partial charge in [0, 0.05) is 21.3 Å². The SMILES string of the molecule is CO[C@@H]1[C@@H](OC)[C@@H](O)O[C@H](CO[C@H]2O[C@H](COCc3ccccc3)[C@@H](OCc3ccccc3)[C@H](OCc3ccccc3)[C@H]2OCc2ccccc2)[C@H]1OC. The van der Waals surface area contributed by atoms with Crippen LogP contribution in [0.2, 0.25) is 0 Å². The molecule has 4 aromatic rings. The van der Waals surface area contributed by atoms with Crippen LogP contribution in [-0.4, -0.2) is 101 Å². The van der Waals surface area contributed by atoms with Gasteiger partial charge in [-0.05, 0) is 22.3 Å². The van der Waals surface area contributed by atoms with Crippen molar-refractivity contribution < 1.29 is 52.5 Å². The number of aliphatic hydroxyl groups excluding tert-OH is 1. The molecule has 0 aromatic heterocycles. The van der Waals surface area contributed by atoms with E-state index in [-0.39, 0.29) is 19.8 Å². The molecule has 0 radical (unpaired) electrons. The van der Waals surface area contributed by atoms with Gasteiger partial charge >= 0.3 is 0 Å². The van der Waals surface area contributed by atoms with Crippen LogP contribution in [0, 0.1) is 0 Å². The van der Waals surface area contributed by atoms with Gasteiger partial charge in [0.2, 0.25) is 0 Å². The summed E-state index contributed by atoms with van der Waals surface area (Å²) in [5.41, 5.74) is 4.00. The predicted octanol–water partition coefficient (Wildman–Crippen LogP) is 5.46. The average Bonchev–Trinajstić information content (AvgIpc) is 3.22. The Hall–Kier alpha value is -3.56. The lowest BCUT2D eigenvalue weighted by Crippen LogP contribution is -2.63. The van der Waals surface area contributed by atoms with Gasteiger partial charge in [-0.1, -0.05) is 121 Å². The summed E-state index contributed by atoms with van der Waals surface area (Å²) in [6.07, 6.45) is -7.63. The zero-order chi connectivity index (χ0) is 37.5. The Bertz CT molecular complexity index is 1600. The molecule has 2 aliphatic heterocycles. The maximum absolute atomic E-state index is 10.8. The highest BCUT2D eigenvalue weighted by atomic mass is 16.7. The first kappa shape index (κ1) is 40.1. The molecule has 11 heteroatoms. The number of benzene rings is 4. The average molecular weight is 745 g/mol. The summed E-state index contributed by atoms with van der Waals surface area (Å²) in [6.45, 7) is 1.41. The second kappa shape index (κ2) is 20.9. The highest BCUT2D eigenvalue weighted by Crippen LogP contribution is 2.33. The summed E-state index contributed by atoms with van der Waals surface area (Å²) in [4.78, 5) is 0. The molecule has 290 valence electrons. The first-order valence-corrected chi connectivity index (χ1v) is 18.3. The molecule has 1 N–H and O–H groups in total. The van der Waals surface area contributed by atoms with Gasteiger partial charge in [0.1, 0.15) is 48.8 Å². The fraction of sp³-hybridized carbons (Fsp3) is 0.442. The molecule has 10 atom stereocenters. The summed E-state index contributed by atoms with van der Waals surface area (Å²) in [5, 5.41) is 10.8. The molecule has 6 rings (SSSR count). The molecule has 2 aliphatic rings. The molecular weight excluding hydrogens is 692 g/mol. The first-order chi connectivity index (χ1) is 26.6. The van der Waals surface area contributed by atoms with Gasteiger partial charge in [-0.3, -0.25) is 0 Å². The monoisotopic (exact) mass is 744 g/mol. The smallest absolute Gasteiger partial charge is 0.187 e. The zero-order valence-electron chi connectivity index (χ0n) is 31.1. The fourth-order valence-corrected chi connectivity index (χ4v) is 6.90. The summed E-state index contributed by atoms with van der Waals surface area (Å²) >= 11 is 0. The van der Waals surface area contributed by atoms with Gasteiger partial charge < -0.3 is 52.5 Å². The summed E-state index contributed by atoms with van der Waals surface area (Å²) in [5.74, 6) is 0. The van der Waals surface area contributed by atoms with E-state index in [0.717, 1.165) is 22.3 Å². The van der Waals surface area contributed by atoms with Gasteiger partial charge in [-0.25, -0.2) is 0 Å². The lowest BCUT2D eigenvalue weighted by atomic mass is 9.97. The van der Waals surface area contributed by atoms with Crippen molar-refractivity contribution in [2.45, 2.75) is 87.8 Å². The van der Waals surface area contributed by atoms with E-state index in [4.69, 9.17) is 47.4 Å². The highest BCUT2D eigenvalue weighted by Gasteiger charge is 2.51.